The number of carbonyl (C=O) groups excluding carboxylic acids is 2. The molecule has 0 bridgehead atoms. The van der Waals surface area contributed by atoms with E-state index in [1.807, 2.05) is 4.90 Å². The predicted octanol–water partition coefficient (Wildman–Crippen LogP) is 1.15. The van der Waals surface area contributed by atoms with Crippen LogP contribution < -0.4 is 0 Å². The van der Waals surface area contributed by atoms with Gasteiger partial charge < -0.3 is 19.3 Å². The molecule has 1 rings (SSSR count). The van der Waals surface area contributed by atoms with Crippen LogP contribution in [0.1, 0.15) is 19.3 Å². The zero-order valence-corrected chi connectivity index (χ0v) is 12.1. The molecule has 1 saturated heterocycles. The Balaban J connectivity index is 2.66. The van der Waals surface area contributed by atoms with Crippen molar-refractivity contribution in [2.75, 3.05) is 41.3 Å². The van der Waals surface area contributed by atoms with Gasteiger partial charge in [-0.25, -0.2) is 14.5 Å². The summed E-state index contributed by atoms with van der Waals surface area (Å²) in [7, 11) is 6.35. The number of rotatable bonds is 3. The van der Waals surface area contributed by atoms with Crippen molar-refractivity contribution in [3.8, 4) is 0 Å². The third kappa shape index (κ3) is 4.94. The highest BCUT2D eigenvalue weighted by Crippen LogP contribution is 2.15. The SMILES string of the molecule is CN(C)C(=O)OC(OC(=O)N(C)C)N1CCCCC1. The summed E-state index contributed by atoms with van der Waals surface area (Å²) in [5, 5.41) is 0. The van der Waals surface area contributed by atoms with Crippen LogP contribution in [0.3, 0.4) is 0 Å². The molecule has 0 radical (unpaired) electrons. The first-order valence-corrected chi connectivity index (χ1v) is 6.41. The summed E-state index contributed by atoms with van der Waals surface area (Å²) in [6.45, 7) is 1.51. The molecular formula is C12H23N3O4. The first-order valence-electron chi connectivity index (χ1n) is 6.41. The predicted molar refractivity (Wildman–Crippen MR) is 69.5 cm³/mol. The number of piperidine rings is 1. The Kier molecular flexibility index (Phi) is 5.88. The van der Waals surface area contributed by atoms with Crippen LogP contribution in [-0.2, 0) is 9.47 Å². The van der Waals surface area contributed by atoms with Crippen LogP contribution in [0, 0.1) is 0 Å². The minimum absolute atomic E-state index is 0.526. The van der Waals surface area contributed by atoms with Crippen molar-refractivity contribution in [1.82, 2.24) is 14.7 Å². The van der Waals surface area contributed by atoms with Gasteiger partial charge in [0.25, 0.3) is 0 Å². The fraction of sp³-hybridized carbons (Fsp3) is 0.833. The molecule has 1 aliphatic rings. The van der Waals surface area contributed by atoms with Gasteiger partial charge in [-0.2, -0.15) is 0 Å². The van der Waals surface area contributed by atoms with Crippen LogP contribution in [0.5, 0.6) is 0 Å². The molecule has 19 heavy (non-hydrogen) atoms. The molecule has 2 amide bonds. The van der Waals surface area contributed by atoms with Crippen molar-refractivity contribution >= 4 is 12.2 Å². The quantitative estimate of drug-likeness (QED) is 0.722. The van der Waals surface area contributed by atoms with Gasteiger partial charge in [-0.1, -0.05) is 6.42 Å². The fourth-order valence-corrected chi connectivity index (χ4v) is 1.69. The summed E-state index contributed by atoms with van der Waals surface area (Å²) in [6, 6.07) is 0. The van der Waals surface area contributed by atoms with Crippen LogP contribution in [0.25, 0.3) is 0 Å². The van der Waals surface area contributed by atoms with E-state index in [0.717, 1.165) is 32.4 Å². The van der Waals surface area contributed by atoms with Crippen molar-refractivity contribution < 1.29 is 19.1 Å². The average Bonchev–Trinajstić information content (AvgIpc) is 2.38. The maximum atomic E-state index is 11.6. The topological polar surface area (TPSA) is 62.3 Å². The van der Waals surface area contributed by atoms with Gasteiger partial charge in [-0.3, -0.25) is 0 Å². The van der Waals surface area contributed by atoms with Gasteiger partial charge >= 0.3 is 18.6 Å². The number of ether oxygens (including phenoxy) is 2. The second kappa shape index (κ2) is 7.18. The van der Waals surface area contributed by atoms with E-state index in [4.69, 9.17) is 9.47 Å². The molecule has 0 unspecified atom stereocenters. The van der Waals surface area contributed by atoms with Gasteiger partial charge in [0.15, 0.2) is 0 Å². The maximum absolute atomic E-state index is 11.6. The Morgan fingerprint density at radius 1 is 0.895 bits per heavy atom. The number of hydrogen-bond acceptors (Lipinski definition) is 5. The second-order valence-electron chi connectivity index (χ2n) is 4.96. The molecule has 0 spiro atoms. The average molecular weight is 273 g/mol. The summed E-state index contributed by atoms with van der Waals surface area (Å²) >= 11 is 0. The minimum atomic E-state index is -0.954. The van der Waals surface area contributed by atoms with Crippen molar-refractivity contribution in [3.63, 3.8) is 0 Å². The molecule has 0 atom stereocenters. The lowest BCUT2D eigenvalue weighted by Crippen LogP contribution is -2.47. The first-order chi connectivity index (χ1) is 8.91. The Bertz CT molecular complexity index is 292. The smallest absolute Gasteiger partial charge is 0.394 e. The molecule has 0 N–H and O–H groups in total. The lowest BCUT2D eigenvalue weighted by molar-refractivity contribution is -0.170. The third-order valence-electron chi connectivity index (χ3n) is 2.82. The van der Waals surface area contributed by atoms with Crippen LogP contribution in [0.4, 0.5) is 9.59 Å². The molecule has 7 heteroatoms. The normalized spacial score (nSPS) is 16.1. The molecule has 0 aromatic heterocycles. The van der Waals surface area contributed by atoms with Gasteiger partial charge in [0, 0.05) is 41.3 Å². The Labute approximate surface area is 114 Å². The fourth-order valence-electron chi connectivity index (χ4n) is 1.69. The number of amides is 2. The molecule has 1 heterocycles. The van der Waals surface area contributed by atoms with Crippen molar-refractivity contribution in [1.29, 1.82) is 0 Å². The van der Waals surface area contributed by atoms with E-state index in [-0.39, 0.29) is 0 Å². The molecule has 0 aliphatic carbocycles. The van der Waals surface area contributed by atoms with E-state index >= 15 is 0 Å². The lowest BCUT2D eigenvalue weighted by Gasteiger charge is -2.33. The minimum Gasteiger partial charge on any atom is -0.394 e. The van der Waals surface area contributed by atoms with E-state index in [1.165, 1.54) is 9.80 Å². The molecule has 0 aromatic carbocycles. The van der Waals surface area contributed by atoms with Gasteiger partial charge in [0.1, 0.15) is 0 Å². The summed E-state index contributed by atoms with van der Waals surface area (Å²) in [6.07, 6.45) is 1.16. The van der Waals surface area contributed by atoms with Gasteiger partial charge in [0.05, 0.1) is 0 Å². The molecule has 0 saturated carbocycles. The summed E-state index contributed by atoms with van der Waals surface area (Å²) < 4.78 is 10.4. The molecule has 7 nitrogen and oxygen atoms in total. The van der Waals surface area contributed by atoms with Crippen molar-refractivity contribution in [2.45, 2.75) is 25.7 Å². The summed E-state index contributed by atoms with van der Waals surface area (Å²) in [5.74, 6) is 0. The highest BCUT2D eigenvalue weighted by molar-refractivity contribution is 5.68. The Morgan fingerprint density at radius 3 is 1.68 bits per heavy atom. The van der Waals surface area contributed by atoms with E-state index < -0.39 is 18.6 Å². The highest BCUT2D eigenvalue weighted by Gasteiger charge is 2.28. The largest absolute Gasteiger partial charge is 0.413 e. The van der Waals surface area contributed by atoms with Crippen LogP contribution in [0.2, 0.25) is 0 Å². The number of carbonyl (C=O) groups is 2. The highest BCUT2D eigenvalue weighted by atomic mass is 16.7. The summed E-state index contributed by atoms with van der Waals surface area (Å²) in [4.78, 5) is 27.7. The number of hydrogen-bond donors (Lipinski definition) is 0. The first kappa shape index (κ1) is 15.6. The molecule has 1 fully saturated rings. The lowest BCUT2D eigenvalue weighted by atomic mass is 10.1. The molecular weight excluding hydrogens is 250 g/mol. The van der Waals surface area contributed by atoms with E-state index in [1.54, 1.807) is 28.2 Å². The van der Waals surface area contributed by atoms with E-state index in [9.17, 15) is 9.59 Å². The monoisotopic (exact) mass is 273 g/mol. The maximum Gasteiger partial charge on any atom is 0.413 e. The number of likely N-dealkylation sites (tertiary alicyclic amines) is 1. The second-order valence-corrected chi connectivity index (χ2v) is 4.96. The standard InChI is InChI=1S/C12H23N3O4/c1-13(2)10(16)18-12(19-11(17)14(3)4)15-8-6-5-7-9-15/h12H,5-9H2,1-4H3. The van der Waals surface area contributed by atoms with Crippen LogP contribution >= 0.6 is 0 Å². The van der Waals surface area contributed by atoms with Crippen molar-refractivity contribution in [3.05, 3.63) is 0 Å². The van der Waals surface area contributed by atoms with Crippen LogP contribution in [0.15, 0.2) is 0 Å². The van der Waals surface area contributed by atoms with Gasteiger partial charge in [0.2, 0.25) is 0 Å². The van der Waals surface area contributed by atoms with Gasteiger partial charge in [-0.15, -0.1) is 0 Å². The molecule has 1 aliphatic heterocycles. The van der Waals surface area contributed by atoms with Crippen LogP contribution in [-0.4, -0.2) is 74.6 Å². The van der Waals surface area contributed by atoms with E-state index in [2.05, 4.69) is 0 Å². The zero-order chi connectivity index (χ0) is 14.4. The Hall–Kier alpha value is -1.50. The zero-order valence-electron chi connectivity index (χ0n) is 12.1. The third-order valence-corrected chi connectivity index (χ3v) is 2.82. The summed E-state index contributed by atoms with van der Waals surface area (Å²) in [5.41, 5.74) is 0. The molecule has 0 aromatic rings. The van der Waals surface area contributed by atoms with E-state index in [0.29, 0.717) is 0 Å². The van der Waals surface area contributed by atoms with Gasteiger partial charge in [-0.05, 0) is 12.8 Å². The van der Waals surface area contributed by atoms with Crippen molar-refractivity contribution in [2.24, 2.45) is 0 Å². The Morgan fingerprint density at radius 2 is 1.32 bits per heavy atom. The molecule has 110 valence electrons. The number of nitrogens with zero attached hydrogens (tertiary/aromatic N) is 3.